The zero-order valence-electron chi connectivity index (χ0n) is 27.5. The Morgan fingerprint density at radius 1 is 0.857 bits per heavy atom. The number of carboxylic acids is 1. The van der Waals surface area contributed by atoms with Crippen molar-refractivity contribution in [3.63, 3.8) is 0 Å². The number of aromatic carboxylic acids is 1. The number of nitrogens with zero attached hydrogens (tertiary/aromatic N) is 2. The monoisotopic (exact) mass is 675 g/mol. The number of rotatable bonds is 4. The van der Waals surface area contributed by atoms with Crippen molar-refractivity contribution in [2.45, 2.75) is 64.5 Å². The van der Waals surface area contributed by atoms with Crippen LogP contribution in [0.5, 0.6) is 11.5 Å². The summed E-state index contributed by atoms with van der Waals surface area (Å²) in [6, 6.07) is 3.30. The summed E-state index contributed by atoms with van der Waals surface area (Å²) in [4.78, 5) is 14.8. The van der Waals surface area contributed by atoms with Crippen LogP contribution in [0.2, 0.25) is 0 Å². The molecule has 3 aromatic rings. The van der Waals surface area contributed by atoms with Crippen LogP contribution in [0.4, 0.5) is 23.2 Å². The first-order chi connectivity index (χ1) is 23.2. The van der Waals surface area contributed by atoms with E-state index < -0.39 is 51.4 Å². The van der Waals surface area contributed by atoms with Crippen LogP contribution in [0.25, 0.3) is 16.7 Å². The fourth-order valence-electron chi connectivity index (χ4n) is 8.81. The van der Waals surface area contributed by atoms with Gasteiger partial charge in [0.25, 0.3) is 0 Å². The van der Waals surface area contributed by atoms with Crippen molar-refractivity contribution in [3.05, 3.63) is 97.1 Å². The molecule has 5 heterocycles. The summed E-state index contributed by atoms with van der Waals surface area (Å²) < 4.78 is 70.9. The van der Waals surface area contributed by atoms with E-state index in [2.05, 4.69) is 9.48 Å². The van der Waals surface area contributed by atoms with Crippen molar-refractivity contribution in [1.82, 2.24) is 4.58 Å². The molecule has 0 bridgehead atoms. The lowest BCUT2D eigenvalue weighted by atomic mass is 9.78. The van der Waals surface area contributed by atoms with Gasteiger partial charge in [0.15, 0.2) is 28.8 Å². The van der Waals surface area contributed by atoms with Crippen molar-refractivity contribution in [1.29, 1.82) is 0 Å². The predicted molar refractivity (Wildman–Crippen MR) is 175 cm³/mol. The maximum Gasteiger partial charge on any atom is 0.339 e. The molecule has 0 saturated carbocycles. The summed E-state index contributed by atoms with van der Waals surface area (Å²) in [5, 5.41) is 32.3. The van der Waals surface area contributed by atoms with Gasteiger partial charge in [-0.15, -0.1) is 0 Å². The number of ether oxygens (including phenoxy) is 1. The number of carboxylic acid groups (broad SMARTS) is 1. The third-order valence-electron chi connectivity index (χ3n) is 10.8. The summed E-state index contributed by atoms with van der Waals surface area (Å²) in [6.07, 6.45) is 6.36. The van der Waals surface area contributed by atoms with Gasteiger partial charge in [0.05, 0.1) is 35.6 Å². The topological polar surface area (TPSA) is 93.2 Å². The van der Waals surface area contributed by atoms with Crippen LogP contribution in [-0.4, -0.2) is 58.7 Å². The Bertz CT molecular complexity index is 2270. The summed E-state index contributed by atoms with van der Waals surface area (Å²) in [7, 11) is 0. The van der Waals surface area contributed by atoms with Gasteiger partial charge in [0.2, 0.25) is 5.36 Å². The minimum absolute atomic E-state index is 0.166. The Morgan fingerprint density at radius 2 is 1.53 bits per heavy atom. The minimum atomic E-state index is -2.22. The molecular weight excluding hydrogens is 640 g/mol. The van der Waals surface area contributed by atoms with Crippen molar-refractivity contribution >= 4 is 28.4 Å². The molecule has 0 saturated heterocycles. The van der Waals surface area contributed by atoms with E-state index in [4.69, 9.17) is 4.74 Å². The van der Waals surface area contributed by atoms with Crippen LogP contribution in [0.1, 0.15) is 84.3 Å². The van der Waals surface area contributed by atoms with Crippen molar-refractivity contribution in [2.75, 3.05) is 31.2 Å². The van der Waals surface area contributed by atoms with E-state index in [1.807, 2.05) is 39.8 Å². The zero-order valence-corrected chi connectivity index (χ0v) is 27.5. The molecule has 0 radical (unpaired) electrons. The first-order valence-corrected chi connectivity index (χ1v) is 16.5. The second kappa shape index (κ2) is 10.5. The zero-order chi connectivity index (χ0) is 34.9. The lowest BCUT2D eigenvalue weighted by molar-refractivity contribution is 0.0689. The number of aliphatic hydroxyl groups is 2. The van der Waals surface area contributed by atoms with Gasteiger partial charge in [0, 0.05) is 59.9 Å². The molecule has 3 aromatic carbocycles. The number of fused-ring (bicyclic) bond motifs is 4. The summed E-state index contributed by atoms with van der Waals surface area (Å²) in [6.45, 7) is 8.88. The van der Waals surface area contributed by atoms with Crippen LogP contribution < -0.4 is 24.8 Å². The van der Waals surface area contributed by atoms with Crippen molar-refractivity contribution in [3.8, 4) is 11.5 Å². The minimum Gasteiger partial charge on any atom is -0.478 e. The molecule has 0 spiro atoms. The molecule has 49 heavy (non-hydrogen) atoms. The SMILES string of the molecule is CC1(C)C=C(CO)c2cc3c(c4c2N1CCC4)Oc1c2c4c(cc1=C3c1c(F)c(F)c(F)c(F)c1C(=O)O)C(CO)=CC(C)(C)[N+]=4CCC2. The largest absolute Gasteiger partial charge is 0.478 e. The van der Waals surface area contributed by atoms with E-state index in [1.54, 1.807) is 12.1 Å². The van der Waals surface area contributed by atoms with E-state index in [-0.39, 0.29) is 29.6 Å². The normalized spacial score (nSPS) is 19.3. The second-order valence-electron chi connectivity index (χ2n) is 14.5. The number of hydrogen-bond donors (Lipinski definition) is 3. The molecule has 5 aliphatic heterocycles. The Balaban J connectivity index is 1.62. The van der Waals surface area contributed by atoms with Gasteiger partial charge in [-0.3, -0.25) is 0 Å². The lowest BCUT2D eigenvalue weighted by Crippen LogP contribution is -2.53. The predicted octanol–water partition coefficient (Wildman–Crippen LogP) is 4.82. The Hall–Kier alpha value is -4.48. The first-order valence-electron chi connectivity index (χ1n) is 16.5. The maximum atomic E-state index is 16.3. The molecule has 7 nitrogen and oxygen atoms in total. The highest BCUT2D eigenvalue weighted by Gasteiger charge is 2.44. The Morgan fingerprint density at radius 3 is 2.22 bits per heavy atom. The number of halogens is 4. The third-order valence-corrected chi connectivity index (χ3v) is 10.8. The van der Waals surface area contributed by atoms with Gasteiger partial charge in [-0.2, -0.15) is 0 Å². The van der Waals surface area contributed by atoms with E-state index >= 15 is 13.2 Å². The van der Waals surface area contributed by atoms with E-state index in [0.29, 0.717) is 59.7 Å². The fourth-order valence-corrected chi connectivity index (χ4v) is 8.81. The summed E-state index contributed by atoms with van der Waals surface area (Å²) in [5.74, 6) is -9.60. The fraction of sp³-hybridized carbons (Fsp3) is 0.368. The van der Waals surface area contributed by atoms with Gasteiger partial charge in [-0.25, -0.2) is 26.9 Å². The average Bonchev–Trinajstić information content (AvgIpc) is 3.07. The van der Waals surface area contributed by atoms with Crippen LogP contribution in [0.3, 0.4) is 0 Å². The van der Waals surface area contributed by atoms with E-state index in [9.17, 15) is 24.5 Å². The molecule has 0 atom stereocenters. The molecule has 0 aliphatic carbocycles. The number of benzene rings is 3. The first kappa shape index (κ1) is 31.8. The van der Waals surface area contributed by atoms with Crippen molar-refractivity contribution in [2.24, 2.45) is 0 Å². The molecule has 0 aromatic heterocycles. The average molecular weight is 676 g/mol. The highest BCUT2D eigenvalue weighted by molar-refractivity contribution is 6.01. The van der Waals surface area contributed by atoms with Gasteiger partial charge in [0.1, 0.15) is 23.6 Å². The van der Waals surface area contributed by atoms with Gasteiger partial charge >= 0.3 is 5.97 Å². The molecule has 5 aliphatic rings. The number of aliphatic hydroxyl groups excluding tert-OH is 2. The number of anilines is 1. The highest BCUT2D eigenvalue weighted by atomic mass is 19.2. The third kappa shape index (κ3) is 4.21. The highest BCUT2D eigenvalue weighted by Crippen LogP contribution is 2.52. The van der Waals surface area contributed by atoms with Gasteiger partial charge in [-0.05, 0) is 62.5 Å². The Kier molecular flexibility index (Phi) is 6.81. The summed E-state index contributed by atoms with van der Waals surface area (Å²) >= 11 is 0. The molecule has 3 N–H and O–H groups in total. The van der Waals surface area contributed by atoms with Crippen LogP contribution in [0.15, 0.2) is 24.3 Å². The Labute approximate surface area is 279 Å². The van der Waals surface area contributed by atoms with Gasteiger partial charge < -0.3 is 25.0 Å². The van der Waals surface area contributed by atoms with Crippen LogP contribution >= 0.6 is 0 Å². The number of carbonyl (C=O) groups is 1. The lowest BCUT2D eigenvalue weighted by Gasteiger charge is -2.47. The summed E-state index contributed by atoms with van der Waals surface area (Å²) in [5.41, 5.74) is 1.40. The van der Waals surface area contributed by atoms with Crippen LogP contribution in [-0.2, 0) is 12.8 Å². The van der Waals surface area contributed by atoms with E-state index in [0.717, 1.165) is 35.0 Å². The number of hydrogen-bond acceptors (Lipinski definition) is 5. The molecule has 8 rings (SSSR count). The molecule has 0 amide bonds. The van der Waals surface area contributed by atoms with Gasteiger partial charge in [-0.1, -0.05) is 6.08 Å². The molecule has 11 heteroatoms. The molecule has 0 fully saturated rings. The standard InChI is InChI=1S/C38H34F4N2O5/c1-37(2)13-17(15-45)21-11-23-25(26-27(36(47)48)29(40)31(42)30(41)28(26)39)24-12-22-18(16-46)14-38(3,4)44-10-6-8-20(33(22)44)35(24)49-34(23)19-7-5-9-43(37)32(19)21/h11-14,45-46H,5-10,15-16H2,1-4H3/p+1. The molecule has 0 unspecified atom stereocenters. The molecular formula is C38H35F4N2O5+. The smallest absolute Gasteiger partial charge is 0.339 e. The van der Waals surface area contributed by atoms with Crippen molar-refractivity contribution < 1.29 is 42.4 Å². The second-order valence-corrected chi connectivity index (χ2v) is 14.5. The van der Waals surface area contributed by atoms with Crippen LogP contribution in [0, 0.1) is 23.3 Å². The van der Waals surface area contributed by atoms with E-state index in [1.165, 1.54) is 0 Å². The maximum absolute atomic E-state index is 16.3. The quantitative estimate of drug-likeness (QED) is 0.124. The molecule has 254 valence electrons.